The van der Waals surface area contributed by atoms with Gasteiger partial charge in [-0.25, -0.2) is 9.13 Å². The molecule has 0 aliphatic carbocycles. The van der Waals surface area contributed by atoms with E-state index in [2.05, 4.69) is 76.3 Å². The average molecular weight is 1370 g/mol. The molecular formula is C75H138O17P2. The van der Waals surface area contributed by atoms with Gasteiger partial charge in [-0.2, -0.15) is 0 Å². The van der Waals surface area contributed by atoms with Crippen LogP contribution in [-0.2, 0) is 65.4 Å². The van der Waals surface area contributed by atoms with Gasteiger partial charge in [0.1, 0.15) is 19.3 Å². The highest BCUT2D eigenvalue weighted by molar-refractivity contribution is 7.47. The largest absolute Gasteiger partial charge is 0.472 e. The number of carbonyl (C=O) groups is 4. The normalized spacial score (nSPS) is 14.2. The van der Waals surface area contributed by atoms with E-state index in [1.165, 1.54) is 116 Å². The minimum atomic E-state index is -4.97. The van der Waals surface area contributed by atoms with Crippen LogP contribution < -0.4 is 0 Å². The smallest absolute Gasteiger partial charge is 0.462 e. The maximum absolute atomic E-state index is 13.1. The van der Waals surface area contributed by atoms with E-state index in [1.807, 2.05) is 0 Å². The molecule has 17 nitrogen and oxygen atoms in total. The quantitative estimate of drug-likeness (QED) is 0.0169. The first-order chi connectivity index (χ1) is 45.7. The molecule has 3 N–H and O–H groups in total. The standard InChI is InChI=1S/C75H138O17P2/c1-5-9-13-17-21-25-29-33-34-38-40-44-48-52-56-60-73(78)86-66-71(92-75(80)62-58-54-50-46-42-37-32-28-24-20-16-12-8-4)68-90-94(83,84)88-64-69(76)63-87-93(81,82)89-67-70(91-74(79)61-57-53-49-45-41-36-31-27-23-19-15-11-7-3)65-85-72(77)59-55-51-47-43-39-35-30-26-22-18-14-10-6-2/h26-28,30-34,69-71,76H,5-25,29,35-68H2,1-4H3,(H,81,82)(H,83,84)/b30-26-,31-27-,32-28-,34-33-/t69-,70-,71-/m1/s1. The minimum absolute atomic E-state index is 0.0877. The fourth-order valence-electron chi connectivity index (χ4n) is 10.4. The van der Waals surface area contributed by atoms with Crippen molar-refractivity contribution in [3.8, 4) is 0 Å². The predicted octanol–water partition coefficient (Wildman–Crippen LogP) is 21.3. The second-order valence-corrected chi connectivity index (χ2v) is 28.5. The third-order valence-corrected chi connectivity index (χ3v) is 18.1. The second kappa shape index (κ2) is 68.5. The lowest BCUT2D eigenvalue weighted by atomic mass is 10.1. The molecule has 94 heavy (non-hydrogen) atoms. The molecule has 0 rings (SSSR count). The summed E-state index contributed by atoms with van der Waals surface area (Å²) in [5.41, 5.74) is 0. The Hall–Kier alpha value is -2.98. The fraction of sp³-hybridized carbons (Fsp3) is 0.840. The molecular weight excluding hydrogens is 1230 g/mol. The Bertz CT molecular complexity index is 1980. The van der Waals surface area contributed by atoms with Crippen LogP contribution in [0.2, 0.25) is 0 Å². The maximum atomic E-state index is 13.1. The molecule has 5 atom stereocenters. The summed E-state index contributed by atoms with van der Waals surface area (Å²) in [6.07, 6.45) is 63.9. The van der Waals surface area contributed by atoms with E-state index in [0.717, 1.165) is 154 Å². The molecule has 0 aromatic rings. The van der Waals surface area contributed by atoms with E-state index < -0.39 is 97.5 Å². The van der Waals surface area contributed by atoms with Crippen molar-refractivity contribution in [2.24, 2.45) is 0 Å². The number of phosphoric acid groups is 2. The van der Waals surface area contributed by atoms with Crippen LogP contribution in [0, 0.1) is 0 Å². The van der Waals surface area contributed by atoms with Gasteiger partial charge in [0.15, 0.2) is 12.2 Å². The lowest BCUT2D eigenvalue weighted by Crippen LogP contribution is -2.30. The summed E-state index contributed by atoms with van der Waals surface area (Å²) < 4.78 is 68.4. The number of rotatable bonds is 72. The summed E-state index contributed by atoms with van der Waals surface area (Å²) in [5, 5.41) is 10.6. The molecule has 550 valence electrons. The molecule has 0 amide bonds. The number of carbonyl (C=O) groups excluding carboxylic acids is 4. The topological polar surface area (TPSA) is 237 Å². The highest BCUT2D eigenvalue weighted by Gasteiger charge is 2.30. The highest BCUT2D eigenvalue weighted by atomic mass is 31.2. The van der Waals surface area contributed by atoms with E-state index in [4.69, 9.17) is 37.0 Å². The Balaban J connectivity index is 5.32. The molecule has 0 spiro atoms. The molecule has 19 heteroatoms. The van der Waals surface area contributed by atoms with Crippen LogP contribution >= 0.6 is 15.6 Å². The third kappa shape index (κ3) is 67.6. The van der Waals surface area contributed by atoms with E-state index in [9.17, 15) is 43.2 Å². The third-order valence-electron chi connectivity index (χ3n) is 16.2. The number of phosphoric ester groups is 2. The molecule has 0 radical (unpaired) electrons. The Labute approximate surface area is 572 Å². The summed E-state index contributed by atoms with van der Waals surface area (Å²) >= 11 is 0. The van der Waals surface area contributed by atoms with Gasteiger partial charge in [-0.05, 0) is 128 Å². The fourth-order valence-corrected chi connectivity index (χ4v) is 12.0. The lowest BCUT2D eigenvalue weighted by molar-refractivity contribution is -0.161. The van der Waals surface area contributed by atoms with Crippen molar-refractivity contribution in [3.63, 3.8) is 0 Å². The predicted molar refractivity (Wildman–Crippen MR) is 381 cm³/mol. The number of unbranched alkanes of at least 4 members (excludes halogenated alkanes) is 38. The van der Waals surface area contributed by atoms with E-state index in [0.29, 0.717) is 25.7 Å². The summed E-state index contributed by atoms with van der Waals surface area (Å²) in [4.78, 5) is 72.7. The van der Waals surface area contributed by atoms with Crippen LogP contribution in [0.25, 0.3) is 0 Å². The van der Waals surface area contributed by atoms with E-state index in [1.54, 1.807) is 0 Å². The number of ether oxygens (including phenoxy) is 4. The van der Waals surface area contributed by atoms with Gasteiger partial charge >= 0.3 is 39.5 Å². The summed E-state index contributed by atoms with van der Waals surface area (Å²) in [5.74, 6) is -2.18. The van der Waals surface area contributed by atoms with Crippen LogP contribution in [0.4, 0.5) is 0 Å². The first-order valence-corrected chi connectivity index (χ1v) is 40.9. The van der Waals surface area contributed by atoms with Crippen molar-refractivity contribution in [2.75, 3.05) is 39.6 Å². The Kier molecular flexibility index (Phi) is 66.4. The van der Waals surface area contributed by atoms with Crippen LogP contribution in [0.15, 0.2) is 48.6 Å². The Morgan fingerprint density at radius 3 is 0.745 bits per heavy atom. The van der Waals surface area contributed by atoms with Crippen molar-refractivity contribution in [3.05, 3.63) is 48.6 Å². The van der Waals surface area contributed by atoms with Gasteiger partial charge in [0, 0.05) is 25.7 Å². The monoisotopic (exact) mass is 1370 g/mol. The van der Waals surface area contributed by atoms with Gasteiger partial charge in [-0.1, -0.05) is 243 Å². The Morgan fingerprint density at radius 1 is 0.287 bits per heavy atom. The molecule has 0 bridgehead atoms. The number of allylic oxidation sites excluding steroid dienone is 8. The van der Waals surface area contributed by atoms with Gasteiger partial charge in [-0.3, -0.25) is 37.3 Å². The first-order valence-electron chi connectivity index (χ1n) is 37.9. The van der Waals surface area contributed by atoms with Gasteiger partial charge in [-0.15, -0.1) is 0 Å². The molecule has 0 saturated carbocycles. The highest BCUT2D eigenvalue weighted by Crippen LogP contribution is 2.45. The average Bonchev–Trinajstić information content (AvgIpc) is 2.45. The van der Waals surface area contributed by atoms with Gasteiger partial charge in [0.2, 0.25) is 0 Å². The van der Waals surface area contributed by atoms with Crippen molar-refractivity contribution < 1.29 is 80.2 Å². The van der Waals surface area contributed by atoms with Gasteiger partial charge < -0.3 is 33.8 Å². The van der Waals surface area contributed by atoms with Crippen molar-refractivity contribution in [1.29, 1.82) is 0 Å². The molecule has 2 unspecified atom stereocenters. The zero-order chi connectivity index (χ0) is 69.0. The second-order valence-electron chi connectivity index (χ2n) is 25.6. The Morgan fingerprint density at radius 2 is 0.489 bits per heavy atom. The molecule has 0 saturated heterocycles. The SMILES string of the molecule is CCCCCC/C=C\CCCCCCCC(=O)OC[C@H](COP(=O)(O)OC[C@@H](O)COP(=O)(O)OC[C@@H](COC(=O)CCCCCCC/C=C\CCCCCCCC)OC(=O)CCCCCCC/C=C\CCCCCC)OC(=O)CCCCCCC/C=C\CCCCCC. The summed E-state index contributed by atoms with van der Waals surface area (Å²) in [7, 11) is -9.93. The zero-order valence-electron chi connectivity index (χ0n) is 59.9. The van der Waals surface area contributed by atoms with Crippen molar-refractivity contribution in [2.45, 2.75) is 367 Å². The lowest BCUT2D eigenvalue weighted by Gasteiger charge is -2.21. The van der Waals surface area contributed by atoms with Crippen LogP contribution in [0.3, 0.4) is 0 Å². The van der Waals surface area contributed by atoms with Crippen LogP contribution in [-0.4, -0.2) is 96.7 Å². The number of aliphatic hydroxyl groups excluding tert-OH is 1. The van der Waals surface area contributed by atoms with E-state index in [-0.39, 0.29) is 25.7 Å². The number of esters is 4. The molecule has 0 aliphatic rings. The molecule has 0 aromatic carbocycles. The van der Waals surface area contributed by atoms with Crippen molar-refractivity contribution in [1.82, 2.24) is 0 Å². The number of aliphatic hydroxyl groups is 1. The summed E-state index contributed by atoms with van der Waals surface area (Å²) in [6, 6.07) is 0. The van der Waals surface area contributed by atoms with Gasteiger partial charge in [0.25, 0.3) is 0 Å². The maximum Gasteiger partial charge on any atom is 0.472 e. The molecule has 0 aliphatic heterocycles. The number of hydrogen-bond acceptors (Lipinski definition) is 15. The first kappa shape index (κ1) is 91.0. The van der Waals surface area contributed by atoms with E-state index >= 15 is 0 Å². The zero-order valence-corrected chi connectivity index (χ0v) is 61.7. The minimum Gasteiger partial charge on any atom is -0.462 e. The summed E-state index contributed by atoms with van der Waals surface area (Å²) in [6.45, 7) is 4.83. The molecule has 0 heterocycles. The number of hydrogen-bond donors (Lipinski definition) is 3. The van der Waals surface area contributed by atoms with Crippen LogP contribution in [0.1, 0.15) is 349 Å². The molecule has 0 fully saturated rings. The van der Waals surface area contributed by atoms with Crippen molar-refractivity contribution >= 4 is 39.5 Å². The van der Waals surface area contributed by atoms with Gasteiger partial charge in [0.05, 0.1) is 26.4 Å². The molecule has 0 aromatic heterocycles. The van der Waals surface area contributed by atoms with Crippen LogP contribution in [0.5, 0.6) is 0 Å².